The Morgan fingerprint density at radius 2 is 1.00 bits per heavy atom. The molecule has 0 unspecified atom stereocenters. The van der Waals surface area contributed by atoms with Crippen molar-refractivity contribution in [1.29, 1.82) is 0 Å². The summed E-state index contributed by atoms with van der Waals surface area (Å²) >= 11 is -2.24. The van der Waals surface area contributed by atoms with E-state index in [0.717, 1.165) is 0 Å². The van der Waals surface area contributed by atoms with E-state index in [2.05, 4.69) is 0 Å². The van der Waals surface area contributed by atoms with Gasteiger partial charge in [0.05, 0.1) is 0 Å². The van der Waals surface area contributed by atoms with E-state index in [4.69, 9.17) is 16.9 Å². The fourth-order valence-corrected chi connectivity index (χ4v) is 0. The topological polar surface area (TPSA) is 0 Å². The summed E-state index contributed by atoms with van der Waals surface area (Å²) < 4.78 is 0. The van der Waals surface area contributed by atoms with E-state index in [1.165, 1.54) is 0 Å². The predicted octanol–water partition coefficient (Wildman–Crippen LogP) is 2.07. The molecule has 0 bridgehead atoms. The minimum absolute atomic E-state index is 0. The molecule has 33 valence electrons. The van der Waals surface area contributed by atoms with Gasteiger partial charge in [-0.3, -0.25) is 0 Å². The van der Waals surface area contributed by atoms with Crippen molar-refractivity contribution in [1.82, 2.24) is 0 Å². The van der Waals surface area contributed by atoms with E-state index < -0.39 is 30.7 Å². The summed E-state index contributed by atoms with van der Waals surface area (Å²) in [5.74, 6) is 0. The second kappa shape index (κ2) is 7.57. The Labute approximate surface area is 84.5 Å². The van der Waals surface area contributed by atoms with Crippen LogP contribution >= 0.6 is 16.9 Å². The molecule has 0 aliphatic heterocycles. The summed E-state index contributed by atoms with van der Waals surface area (Å²) in [5, 5.41) is 0. The van der Waals surface area contributed by atoms with Crippen LogP contribution in [0.15, 0.2) is 0 Å². The van der Waals surface area contributed by atoms with Crippen molar-refractivity contribution < 1.29 is 70.6 Å². The third-order valence-corrected chi connectivity index (χ3v) is 0. The van der Waals surface area contributed by atoms with Crippen molar-refractivity contribution in [3.63, 3.8) is 0 Å². The van der Waals surface area contributed by atoms with Crippen LogP contribution in [0.1, 0.15) is 0 Å². The largest absolute Gasteiger partial charge is 0 e. The van der Waals surface area contributed by atoms with Crippen LogP contribution in [0.4, 0.5) is 0 Å². The first-order chi connectivity index (χ1) is 1.73. The Morgan fingerprint density at radius 3 is 1.00 bits per heavy atom. The normalized spacial score (nSPS) is 5.40. The van der Waals surface area contributed by atoms with Gasteiger partial charge in [0, 0.05) is 39.9 Å². The molecule has 0 rings (SSSR count). The molecule has 0 aromatic heterocycles. The molecule has 0 N–H and O–H groups in total. The maximum absolute atomic E-state index is 5.02. The standard InChI is InChI=1S/Ce.3ClH.Gd/h;3*1H;/q+3;;;;/p-3. The maximum Gasteiger partial charge on any atom is 0 e. The van der Waals surface area contributed by atoms with Crippen molar-refractivity contribution >= 4 is 16.9 Å². The van der Waals surface area contributed by atoms with Gasteiger partial charge in [-0.15, -0.1) is 0 Å². The van der Waals surface area contributed by atoms with Gasteiger partial charge in [-0.1, -0.05) is 0 Å². The van der Waals surface area contributed by atoms with E-state index in [1.54, 1.807) is 0 Å². The molecule has 0 aromatic rings. The third kappa shape index (κ3) is 18.4. The summed E-state index contributed by atoms with van der Waals surface area (Å²) in [6, 6.07) is 0. The Balaban J connectivity index is 0. The van der Waals surface area contributed by atoms with Gasteiger partial charge < -0.3 is 0 Å². The van der Waals surface area contributed by atoms with Crippen LogP contribution in [-0.2, 0) is 0 Å². The Kier molecular flexibility index (Phi) is 17.2. The molecule has 0 amide bonds. The van der Waals surface area contributed by atoms with E-state index in [0.29, 0.717) is 0 Å². The molecule has 0 radical (unpaired) electrons. The van der Waals surface area contributed by atoms with Crippen LogP contribution in [0.2, 0.25) is 0 Å². The maximum atomic E-state index is 5.02. The molecular weight excluding hydrogens is 404 g/mol. The number of hydrogen-bond acceptors (Lipinski definition) is 0. The summed E-state index contributed by atoms with van der Waals surface area (Å²) in [6.07, 6.45) is 0. The molecule has 0 heterocycles. The second-order valence-corrected chi connectivity index (χ2v) is 14.0. The molecule has 5 heavy (non-hydrogen) atoms. The third-order valence-electron chi connectivity index (χ3n) is 0. The van der Waals surface area contributed by atoms with E-state index in [-0.39, 0.29) is 39.9 Å². The molecule has 0 aromatic carbocycles. The fraction of sp³-hybridized carbons (Fsp3) is 0. The smallest absolute Gasteiger partial charge is 0 e. The van der Waals surface area contributed by atoms with Crippen molar-refractivity contribution in [2.75, 3.05) is 0 Å². The summed E-state index contributed by atoms with van der Waals surface area (Å²) in [7, 11) is 0. The van der Waals surface area contributed by atoms with Crippen molar-refractivity contribution in [2.24, 2.45) is 0 Å². The monoisotopic (exact) mass is 403 g/mol. The minimum atomic E-state index is -2.24. The van der Waals surface area contributed by atoms with Gasteiger partial charge in [0.1, 0.15) is 0 Å². The number of hydrogen-bond donors (Lipinski definition) is 0. The molecule has 0 nitrogen and oxygen atoms in total. The molecule has 0 saturated heterocycles. The fourth-order valence-electron chi connectivity index (χ4n) is 0. The van der Waals surface area contributed by atoms with Crippen molar-refractivity contribution in [2.45, 2.75) is 0 Å². The average molecular weight is 404 g/mol. The van der Waals surface area contributed by atoms with Gasteiger partial charge in [0.25, 0.3) is 0 Å². The molecule has 0 saturated carbocycles. The number of rotatable bonds is 0. The SMILES string of the molecule is [Cl][Ce]([Cl])[Cl].[Gd]. The van der Waals surface area contributed by atoms with Gasteiger partial charge in [-0.25, -0.2) is 0 Å². The number of halogens is 3. The van der Waals surface area contributed by atoms with Crippen LogP contribution in [-0.4, -0.2) is 0 Å². The first-order valence-electron chi connectivity index (χ1n) is 0.567. The quantitative estimate of drug-likeness (QED) is 0.581. The van der Waals surface area contributed by atoms with E-state index in [1.807, 2.05) is 0 Å². The second-order valence-electron chi connectivity index (χ2n) is 0.214. The Hall–Kier alpha value is 3.57. The van der Waals surface area contributed by atoms with Crippen LogP contribution < -0.4 is 0 Å². The molecule has 0 atom stereocenters. The van der Waals surface area contributed by atoms with Crippen LogP contribution in [0.3, 0.4) is 0 Å². The molecule has 0 fully saturated rings. The Morgan fingerprint density at radius 1 is 1.00 bits per heavy atom. The minimum Gasteiger partial charge on any atom is 0 e. The van der Waals surface area contributed by atoms with Crippen LogP contribution in [0, 0.1) is 70.6 Å². The van der Waals surface area contributed by atoms with Crippen molar-refractivity contribution in [3.05, 3.63) is 0 Å². The van der Waals surface area contributed by atoms with Crippen LogP contribution in [0.5, 0.6) is 0 Å². The summed E-state index contributed by atoms with van der Waals surface area (Å²) in [5.41, 5.74) is 15.1. The van der Waals surface area contributed by atoms with Gasteiger partial charge in [-0.05, 0) is 0 Å². The molecule has 0 aliphatic rings. The average Bonchev–Trinajstić information content (AvgIpc) is 0.811. The van der Waals surface area contributed by atoms with Gasteiger partial charge in [0.2, 0.25) is 0 Å². The summed E-state index contributed by atoms with van der Waals surface area (Å²) in [6.45, 7) is 0. The first kappa shape index (κ1) is 11.4. The zero-order chi connectivity index (χ0) is 3.58. The van der Waals surface area contributed by atoms with Gasteiger partial charge in [-0.2, -0.15) is 0 Å². The summed E-state index contributed by atoms with van der Waals surface area (Å²) in [4.78, 5) is 0. The molecule has 0 aliphatic carbocycles. The Bertz CT molecular complexity index is 11.6. The van der Waals surface area contributed by atoms with Gasteiger partial charge >= 0.3 is 47.6 Å². The predicted molar refractivity (Wildman–Crippen MR) is 17.6 cm³/mol. The molecule has 0 spiro atoms. The van der Waals surface area contributed by atoms with E-state index >= 15 is 0 Å². The zero-order valence-corrected chi connectivity index (χ0v) is 9.66. The molecular formula is CeCl3Gd. The molecule has 5 heteroatoms. The van der Waals surface area contributed by atoms with Gasteiger partial charge in [0.15, 0.2) is 0 Å². The van der Waals surface area contributed by atoms with Crippen LogP contribution in [0.25, 0.3) is 0 Å². The van der Waals surface area contributed by atoms with E-state index in [9.17, 15) is 0 Å². The zero-order valence-electron chi connectivity index (χ0n) is 1.99. The first-order valence-corrected chi connectivity index (χ1v) is 12.4. The van der Waals surface area contributed by atoms with Crippen molar-refractivity contribution in [3.8, 4) is 0 Å².